The number of benzene rings is 1. The highest BCUT2D eigenvalue weighted by molar-refractivity contribution is 8.18. The lowest BCUT2D eigenvalue weighted by Gasteiger charge is -2.55. The van der Waals surface area contributed by atoms with E-state index in [1.54, 1.807) is 24.3 Å². The van der Waals surface area contributed by atoms with Gasteiger partial charge in [0.15, 0.2) is 11.5 Å². The number of hydrogen-bond acceptors (Lipinski definition) is 6. The summed E-state index contributed by atoms with van der Waals surface area (Å²) in [7, 11) is 1.52. The van der Waals surface area contributed by atoms with Crippen molar-refractivity contribution in [2.75, 3.05) is 7.11 Å². The van der Waals surface area contributed by atoms with E-state index in [1.807, 2.05) is 0 Å². The van der Waals surface area contributed by atoms with Crippen LogP contribution in [0.25, 0.3) is 6.08 Å². The van der Waals surface area contributed by atoms with Crippen LogP contribution in [0.4, 0.5) is 4.79 Å². The first kappa shape index (κ1) is 18.7. The summed E-state index contributed by atoms with van der Waals surface area (Å²) in [6.07, 6.45) is 8.28. The van der Waals surface area contributed by atoms with Gasteiger partial charge in [-0.05, 0) is 91.8 Å². The number of carbonyl (C=O) groups excluding carboxylic acids is 3. The Morgan fingerprint density at radius 1 is 1.10 bits per heavy atom. The van der Waals surface area contributed by atoms with Crippen LogP contribution in [-0.4, -0.2) is 24.2 Å². The molecule has 1 N–H and O–H groups in total. The highest BCUT2D eigenvalue weighted by Gasteiger charge is 2.55. The average molecular weight is 413 g/mol. The Morgan fingerprint density at radius 2 is 1.76 bits per heavy atom. The number of methoxy groups -OCH3 is 1. The second kappa shape index (κ2) is 6.90. The minimum absolute atomic E-state index is 0.127. The minimum Gasteiger partial charge on any atom is -0.493 e. The number of imide groups is 1. The number of hydrogen-bond donors (Lipinski definition) is 1. The van der Waals surface area contributed by atoms with Crippen LogP contribution in [-0.2, 0) is 9.59 Å². The van der Waals surface area contributed by atoms with Crippen LogP contribution in [0.5, 0.6) is 11.5 Å². The summed E-state index contributed by atoms with van der Waals surface area (Å²) in [5.74, 6) is 2.31. The SMILES string of the molecule is COc1cc(/C=C2/SC(=O)NC2=O)ccc1OC(=O)C12CC3CC(CC(C3)C1)C2. The molecule has 0 atom stereocenters. The smallest absolute Gasteiger partial charge is 0.317 e. The highest BCUT2D eigenvalue weighted by Crippen LogP contribution is 2.60. The summed E-state index contributed by atoms with van der Waals surface area (Å²) in [4.78, 5) is 36.6. The van der Waals surface area contributed by atoms with Crippen LogP contribution in [0.1, 0.15) is 44.1 Å². The molecule has 0 unspecified atom stereocenters. The summed E-state index contributed by atoms with van der Waals surface area (Å²) in [6.45, 7) is 0. The van der Waals surface area contributed by atoms with Crippen LogP contribution >= 0.6 is 11.8 Å². The topological polar surface area (TPSA) is 81.7 Å². The Labute approximate surface area is 173 Å². The Bertz CT molecular complexity index is 902. The van der Waals surface area contributed by atoms with Gasteiger partial charge in [-0.15, -0.1) is 0 Å². The van der Waals surface area contributed by atoms with Crippen molar-refractivity contribution in [3.63, 3.8) is 0 Å². The average Bonchev–Trinajstić information content (AvgIpc) is 2.98. The Kier molecular flexibility index (Phi) is 4.46. The Balaban J connectivity index is 1.36. The molecule has 1 aliphatic heterocycles. The molecule has 6 rings (SSSR count). The van der Waals surface area contributed by atoms with Gasteiger partial charge >= 0.3 is 5.97 Å². The normalized spacial score (nSPS) is 33.8. The first-order valence-electron chi connectivity index (χ1n) is 10.1. The minimum atomic E-state index is -0.406. The van der Waals surface area contributed by atoms with E-state index < -0.39 is 5.91 Å². The number of nitrogens with one attached hydrogen (secondary N) is 1. The Hall–Kier alpha value is -2.28. The summed E-state index contributed by atoms with van der Waals surface area (Å²) in [5, 5.41) is 1.85. The van der Waals surface area contributed by atoms with E-state index in [2.05, 4.69) is 5.32 Å². The van der Waals surface area contributed by atoms with Gasteiger partial charge in [-0.3, -0.25) is 19.7 Å². The maximum atomic E-state index is 13.2. The van der Waals surface area contributed by atoms with Crippen LogP contribution in [0, 0.1) is 23.2 Å². The van der Waals surface area contributed by atoms with E-state index in [1.165, 1.54) is 26.4 Å². The van der Waals surface area contributed by atoms with Crippen molar-refractivity contribution in [3.8, 4) is 11.5 Å². The fourth-order valence-corrected chi connectivity index (χ4v) is 6.68. The van der Waals surface area contributed by atoms with Crippen molar-refractivity contribution in [2.45, 2.75) is 38.5 Å². The van der Waals surface area contributed by atoms with E-state index in [9.17, 15) is 14.4 Å². The molecule has 4 saturated carbocycles. The second-order valence-electron chi connectivity index (χ2n) is 8.85. The van der Waals surface area contributed by atoms with Crippen LogP contribution < -0.4 is 14.8 Å². The van der Waals surface area contributed by atoms with Crippen molar-refractivity contribution in [2.24, 2.45) is 23.2 Å². The third kappa shape index (κ3) is 3.35. The largest absolute Gasteiger partial charge is 0.493 e. The van der Waals surface area contributed by atoms with Gasteiger partial charge in [-0.2, -0.15) is 0 Å². The summed E-state index contributed by atoms with van der Waals surface area (Å²) in [6, 6.07) is 5.17. The Morgan fingerprint density at radius 3 is 2.31 bits per heavy atom. The van der Waals surface area contributed by atoms with E-state index in [-0.39, 0.29) is 16.6 Å². The zero-order chi connectivity index (χ0) is 20.2. The molecule has 4 aliphatic carbocycles. The molecule has 5 fully saturated rings. The van der Waals surface area contributed by atoms with Gasteiger partial charge in [0.05, 0.1) is 17.4 Å². The molecule has 1 heterocycles. The number of ether oxygens (including phenoxy) is 2. The molecule has 0 spiro atoms. The summed E-state index contributed by atoms with van der Waals surface area (Å²) in [5.41, 5.74) is 0.364. The van der Waals surface area contributed by atoms with Crippen LogP contribution in [0.2, 0.25) is 0 Å². The van der Waals surface area contributed by atoms with Crippen molar-refractivity contribution in [1.29, 1.82) is 0 Å². The molecule has 1 saturated heterocycles. The fourth-order valence-electron chi connectivity index (χ4n) is 6.00. The molecular formula is C22H23NO5S. The second-order valence-corrected chi connectivity index (χ2v) is 9.86. The molecule has 4 bridgehead atoms. The van der Waals surface area contributed by atoms with Gasteiger partial charge in [-0.1, -0.05) is 6.07 Å². The quantitative estimate of drug-likeness (QED) is 0.454. The van der Waals surface area contributed by atoms with E-state index in [0.717, 1.165) is 31.0 Å². The molecule has 7 heteroatoms. The van der Waals surface area contributed by atoms with E-state index in [4.69, 9.17) is 9.47 Å². The molecule has 0 aromatic heterocycles. The number of rotatable bonds is 4. The molecule has 2 amide bonds. The van der Waals surface area contributed by atoms with Gasteiger partial charge in [0.2, 0.25) is 0 Å². The standard InChI is InChI=1S/C22H23NO5S/c1-27-17-7-12(8-18-19(24)23-21(26)29-18)2-3-16(17)28-20(25)22-9-13-4-14(10-22)6-15(5-13)11-22/h2-3,7-8,13-15H,4-6,9-11H2,1H3,(H,23,24,26)/b18-8+. The third-order valence-electron chi connectivity index (χ3n) is 6.80. The van der Waals surface area contributed by atoms with Gasteiger partial charge < -0.3 is 9.47 Å². The van der Waals surface area contributed by atoms with Gasteiger partial charge in [0, 0.05) is 0 Å². The van der Waals surface area contributed by atoms with Crippen molar-refractivity contribution >= 4 is 35.0 Å². The number of thioether (sulfide) groups is 1. The van der Waals surface area contributed by atoms with Crippen molar-refractivity contribution in [1.82, 2.24) is 5.32 Å². The molecule has 5 aliphatic rings. The maximum absolute atomic E-state index is 13.2. The van der Waals surface area contributed by atoms with E-state index >= 15 is 0 Å². The summed E-state index contributed by atoms with van der Waals surface area (Å²) < 4.78 is 11.3. The monoisotopic (exact) mass is 413 g/mol. The predicted molar refractivity (Wildman–Crippen MR) is 108 cm³/mol. The zero-order valence-electron chi connectivity index (χ0n) is 16.2. The lowest BCUT2D eigenvalue weighted by molar-refractivity contribution is -0.161. The van der Waals surface area contributed by atoms with Crippen LogP contribution in [0.3, 0.4) is 0 Å². The maximum Gasteiger partial charge on any atom is 0.317 e. The molecule has 1 aromatic rings. The van der Waals surface area contributed by atoms with Gasteiger partial charge in [0.25, 0.3) is 11.1 Å². The third-order valence-corrected chi connectivity index (χ3v) is 7.61. The number of esters is 1. The lowest BCUT2D eigenvalue weighted by Crippen LogP contribution is -2.51. The molecule has 6 nitrogen and oxygen atoms in total. The first-order chi connectivity index (χ1) is 13.9. The molecule has 29 heavy (non-hydrogen) atoms. The lowest BCUT2D eigenvalue weighted by atomic mass is 9.49. The van der Waals surface area contributed by atoms with E-state index in [0.29, 0.717) is 39.7 Å². The van der Waals surface area contributed by atoms with Crippen molar-refractivity contribution < 1.29 is 23.9 Å². The number of carbonyl (C=O) groups is 3. The molecule has 0 radical (unpaired) electrons. The van der Waals surface area contributed by atoms with Crippen LogP contribution in [0.15, 0.2) is 23.1 Å². The van der Waals surface area contributed by atoms with Gasteiger partial charge in [0.1, 0.15) is 0 Å². The number of amides is 2. The molecule has 152 valence electrons. The van der Waals surface area contributed by atoms with Crippen molar-refractivity contribution in [3.05, 3.63) is 28.7 Å². The molecule has 1 aromatic carbocycles. The zero-order valence-corrected chi connectivity index (χ0v) is 17.1. The summed E-state index contributed by atoms with van der Waals surface area (Å²) >= 11 is 0.864. The highest BCUT2D eigenvalue weighted by atomic mass is 32.2. The first-order valence-corrected chi connectivity index (χ1v) is 10.9. The van der Waals surface area contributed by atoms with Gasteiger partial charge in [-0.25, -0.2) is 0 Å². The fraction of sp³-hybridized carbons (Fsp3) is 0.500. The molecular weight excluding hydrogens is 390 g/mol. The predicted octanol–water partition coefficient (Wildman–Crippen LogP) is 4.14.